The van der Waals surface area contributed by atoms with Crippen molar-refractivity contribution in [2.45, 2.75) is 70.6 Å². The maximum atomic E-state index is 14.8. The van der Waals surface area contributed by atoms with Crippen LogP contribution < -0.4 is 0 Å². The van der Waals surface area contributed by atoms with Crippen molar-refractivity contribution >= 4 is 17.7 Å². The molecule has 0 unspecified atom stereocenters. The Labute approximate surface area is 143 Å². The van der Waals surface area contributed by atoms with E-state index in [2.05, 4.69) is 5.10 Å². The molecule has 2 aliphatic rings. The highest BCUT2D eigenvalue weighted by Gasteiger charge is 2.37. The van der Waals surface area contributed by atoms with Crippen molar-refractivity contribution in [3.05, 3.63) is 0 Å². The highest BCUT2D eigenvalue weighted by molar-refractivity contribution is 6.06. The fourth-order valence-corrected chi connectivity index (χ4v) is 3.03. The van der Waals surface area contributed by atoms with Crippen LogP contribution in [0.2, 0.25) is 0 Å². The predicted octanol–water partition coefficient (Wildman–Crippen LogP) is 3.11. The summed E-state index contributed by atoms with van der Waals surface area (Å²) in [6, 6.07) is 0. The Morgan fingerprint density at radius 1 is 1.33 bits per heavy atom. The number of hydrogen-bond donors (Lipinski definition) is 0. The van der Waals surface area contributed by atoms with Gasteiger partial charge < -0.3 is 9.64 Å². The molecule has 7 heteroatoms. The molecular weight excluding hydrogens is 313 g/mol. The molecule has 2 rings (SSSR count). The minimum Gasteiger partial charge on any atom is -0.444 e. The van der Waals surface area contributed by atoms with E-state index in [9.17, 15) is 14.0 Å². The van der Waals surface area contributed by atoms with Gasteiger partial charge in [0.2, 0.25) is 5.91 Å². The Morgan fingerprint density at radius 3 is 2.54 bits per heavy atom. The summed E-state index contributed by atoms with van der Waals surface area (Å²) in [7, 11) is 1.60. The van der Waals surface area contributed by atoms with E-state index in [1.54, 1.807) is 27.8 Å². The standard InChI is InChI=1S/C17H28FN3O3/c1-16(2,3)24-15(23)20(4)11-13-10-14(22)21(19-13)12-17(18)8-6-5-7-9-17/h5-12H2,1-4H3. The smallest absolute Gasteiger partial charge is 0.410 e. The summed E-state index contributed by atoms with van der Waals surface area (Å²) in [6.45, 7) is 5.60. The van der Waals surface area contributed by atoms with Crippen molar-refractivity contribution in [2.75, 3.05) is 20.1 Å². The first-order valence-electron chi connectivity index (χ1n) is 8.58. The van der Waals surface area contributed by atoms with Crippen molar-refractivity contribution in [3.8, 4) is 0 Å². The number of hydrazone groups is 1. The molecule has 0 aromatic rings. The van der Waals surface area contributed by atoms with Crippen LogP contribution in [0.1, 0.15) is 59.3 Å². The molecule has 136 valence electrons. The minimum absolute atomic E-state index is 0.0193. The number of rotatable bonds is 4. The first kappa shape index (κ1) is 18.7. The molecule has 1 aliphatic carbocycles. The van der Waals surface area contributed by atoms with Gasteiger partial charge in [0.15, 0.2) is 0 Å². The zero-order valence-electron chi connectivity index (χ0n) is 15.1. The van der Waals surface area contributed by atoms with E-state index in [1.165, 1.54) is 9.91 Å². The molecule has 0 atom stereocenters. The van der Waals surface area contributed by atoms with E-state index in [4.69, 9.17) is 4.74 Å². The fourth-order valence-electron chi connectivity index (χ4n) is 3.03. The number of alkyl halides is 1. The van der Waals surface area contributed by atoms with Gasteiger partial charge in [0.1, 0.15) is 11.3 Å². The van der Waals surface area contributed by atoms with Gasteiger partial charge >= 0.3 is 6.09 Å². The van der Waals surface area contributed by atoms with Crippen LogP contribution in [0.15, 0.2) is 5.10 Å². The summed E-state index contributed by atoms with van der Waals surface area (Å²) in [6.07, 6.45) is 3.40. The number of carbonyl (C=O) groups is 2. The molecule has 0 aromatic carbocycles. The van der Waals surface area contributed by atoms with Crippen molar-refractivity contribution in [3.63, 3.8) is 0 Å². The van der Waals surface area contributed by atoms with Crippen molar-refractivity contribution in [1.82, 2.24) is 9.91 Å². The van der Waals surface area contributed by atoms with Crippen LogP contribution >= 0.6 is 0 Å². The third-order valence-electron chi connectivity index (χ3n) is 4.21. The van der Waals surface area contributed by atoms with Crippen LogP contribution in [0.5, 0.6) is 0 Å². The van der Waals surface area contributed by atoms with Crippen LogP contribution in [0.25, 0.3) is 0 Å². The largest absolute Gasteiger partial charge is 0.444 e. The average Bonchev–Trinajstić information content (AvgIpc) is 2.76. The maximum Gasteiger partial charge on any atom is 0.410 e. The molecule has 1 heterocycles. The monoisotopic (exact) mass is 341 g/mol. The summed E-state index contributed by atoms with van der Waals surface area (Å²) < 4.78 is 20.0. The van der Waals surface area contributed by atoms with E-state index >= 15 is 0 Å². The van der Waals surface area contributed by atoms with E-state index in [1.807, 2.05) is 0 Å². The molecule has 1 aliphatic heterocycles. The lowest BCUT2D eigenvalue weighted by molar-refractivity contribution is -0.131. The van der Waals surface area contributed by atoms with Gasteiger partial charge in [-0.2, -0.15) is 5.10 Å². The van der Waals surface area contributed by atoms with Gasteiger partial charge in [-0.15, -0.1) is 0 Å². The van der Waals surface area contributed by atoms with Gasteiger partial charge in [0, 0.05) is 7.05 Å². The Hall–Kier alpha value is -1.66. The Morgan fingerprint density at radius 2 is 1.96 bits per heavy atom. The SMILES string of the molecule is CN(CC1=NN(CC2(F)CCCCC2)C(=O)C1)C(=O)OC(C)(C)C. The number of nitrogens with zero attached hydrogens (tertiary/aromatic N) is 3. The maximum absolute atomic E-state index is 14.8. The molecule has 24 heavy (non-hydrogen) atoms. The second kappa shape index (κ2) is 7.07. The van der Waals surface area contributed by atoms with E-state index < -0.39 is 17.4 Å². The van der Waals surface area contributed by atoms with Crippen molar-refractivity contribution in [1.29, 1.82) is 0 Å². The zero-order chi connectivity index (χ0) is 18.0. The minimum atomic E-state index is -1.33. The normalized spacial score (nSPS) is 20.8. The lowest BCUT2D eigenvalue weighted by Crippen LogP contribution is -2.40. The van der Waals surface area contributed by atoms with Gasteiger partial charge in [0.25, 0.3) is 0 Å². The number of amides is 2. The van der Waals surface area contributed by atoms with E-state index in [0.717, 1.165) is 19.3 Å². The van der Waals surface area contributed by atoms with E-state index in [-0.39, 0.29) is 25.4 Å². The molecule has 2 amide bonds. The van der Waals surface area contributed by atoms with Crippen LogP contribution in [0.3, 0.4) is 0 Å². The first-order valence-corrected chi connectivity index (χ1v) is 8.58. The number of halogens is 1. The summed E-state index contributed by atoms with van der Waals surface area (Å²) in [4.78, 5) is 25.4. The van der Waals surface area contributed by atoms with Crippen molar-refractivity contribution < 1.29 is 18.7 Å². The zero-order valence-corrected chi connectivity index (χ0v) is 15.1. The summed E-state index contributed by atoms with van der Waals surface area (Å²) >= 11 is 0. The molecule has 0 saturated heterocycles. The molecule has 1 fully saturated rings. The number of ether oxygens (including phenoxy) is 1. The van der Waals surface area contributed by atoms with Crippen LogP contribution in [-0.2, 0) is 9.53 Å². The number of carbonyl (C=O) groups excluding carboxylic acids is 2. The highest BCUT2D eigenvalue weighted by atomic mass is 19.1. The van der Waals surface area contributed by atoms with Gasteiger partial charge in [-0.05, 0) is 33.6 Å². The third-order valence-corrected chi connectivity index (χ3v) is 4.21. The number of hydrogen-bond acceptors (Lipinski definition) is 4. The van der Waals surface area contributed by atoms with Crippen LogP contribution in [0, 0.1) is 0 Å². The molecular formula is C17H28FN3O3. The fraction of sp³-hybridized carbons (Fsp3) is 0.824. The topological polar surface area (TPSA) is 62.2 Å². The summed E-state index contributed by atoms with van der Waals surface area (Å²) in [5.41, 5.74) is -1.34. The molecule has 0 spiro atoms. The van der Waals surface area contributed by atoms with E-state index in [0.29, 0.717) is 18.6 Å². The summed E-state index contributed by atoms with van der Waals surface area (Å²) in [5, 5.41) is 5.48. The third kappa shape index (κ3) is 5.18. The quantitative estimate of drug-likeness (QED) is 0.789. The van der Waals surface area contributed by atoms with Gasteiger partial charge in [-0.25, -0.2) is 14.2 Å². The molecule has 0 aromatic heterocycles. The van der Waals surface area contributed by atoms with Gasteiger partial charge in [0.05, 0.1) is 25.2 Å². The van der Waals surface area contributed by atoms with Gasteiger partial charge in [-0.3, -0.25) is 4.79 Å². The first-order chi connectivity index (χ1) is 11.1. The molecule has 1 saturated carbocycles. The lowest BCUT2D eigenvalue weighted by Gasteiger charge is -2.31. The van der Waals surface area contributed by atoms with Crippen LogP contribution in [0.4, 0.5) is 9.18 Å². The molecule has 0 N–H and O–H groups in total. The van der Waals surface area contributed by atoms with Crippen molar-refractivity contribution in [2.24, 2.45) is 5.10 Å². The van der Waals surface area contributed by atoms with Gasteiger partial charge in [-0.1, -0.05) is 19.3 Å². The Bertz CT molecular complexity index is 522. The second-order valence-corrected chi connectivity index (χ2v) is 7.84. The summed E-state index contributed by atoms with van der Waals surface area (Å²) in [5.74, 6) is -0.204. The molecule has 0 bridgehead atoms. The Balaban J connectivity index is 1.92. The Kier molecular flexibility index (Phi) is 5.50. The lowest BCUT2D eigenvalue weighted by atomic mass is 9.86. The second-order valence-electron chi connectivity index (χ2n) is 7.84. The highest BCUT2D eigenvalue weighted by Crippen LogP contribution is 2.33. The molecule has 0 radical (unpaired) electrons. The predicted molar refractivity (Wildman–Crippen MR) is 89.6 cm³/mol. The average molecular weight is 341 g/mol. The molecule has 6 nitrogen and oxygen atoms in total. The van der Waals surface area contributed by atoms with Crippen LogP contribution in [-0.4, -0.2) is 59.0 Å².